The minimum Gasteiger partial charge on any atom is -0.507 e. The van der Waals surface area contributed by atoms with E-state index in [-0.39, 0.29) is 5.75 Å². The number of aromatic nitrogens is 1. The molecule has 1 aromatic carbocycles. The normalized spacial score (nSPS) is 10.5. The molecule has 0 saturated heterocycles. The first-order valence-corrected chi connectivity index (χ1v) is 4.04. The minimum atomic E-state index is 0.225. The van der Waals surface area contributed by atoms with Crippen LogP contribution >= 0.6 is 0 Å². The van der Waals surface area contributed by atoms with E-state index in [0.717, 1.165) is 10.9 Å². The van der Waals surface area contributed by atoms with Crippen LogP contribution in [0, 0.1) is 6.92 Å². The summed E-state index contributed by atoms with van der Waals surface area (Å²) in [5, 5.41) is 10.5. The number of aromatic hydroxyl groups is 1. The maximum absolute atomic E-state index is 9.72. The monoisotopic (exact) mass is 174 g/mol. The van der Waals surface area contributed by atoms with E-state index in [1.807, 2.05) is 24.3 Å². The lowest BCUT2D eigenvalue weighted by Crippen LogP contribution is -1.94. The summed E-state index contributed by atoms with van der Waals surface area (Å²) in [7, 11) is 0. The van der Waals surface area contributed by atoms with E-state index in [0.29, 0.717) is 11.4 Å². The van der Waals surface area contributed by atoms with Crippen LogP contribution in [0.4, 0.5) is 5.82 Å². The number of pyridine rings is 1. The van der Waals surface area contributed by atoms with Gasteiger partial charge in [0, 0.05) is 10.9 Å². The number of rotatable bonds is 0. The summed E-state index contributed by atoms with van der Waals surface area (Å²) in [6, 6.07) is 7.37. The van der Waals surface area contributed by atoms with Crippen molar-refractivity contribution < 1.29 is 5.11 Å². The number of benzene rings is 1. The van der Waals surface area contributed by atoms with Gasteiger partial charge in [-0.25, -0.2) is 4.98 Å². The molecule has 0 spiro atoms. The van der Waals surface area contributed by atoms with Crippen LogP contribution in [0.3, 0.4) is 0 Å². The first-order valence-electron chi connectivity index (χ1n) is 4.04. The number of anilines is 1. The second kappa shape index (κ2) is 2.62. The van der Waals surface area contributed by atoms with Gasteiger partial charge in [0.25, 0.3) is 0 Å². The summed E-state index contributed by atoms with van der Waals surface area (Å²) < 4.78 is 0. The topological polar surface area (TPSA) is 59.1 Å². The van der Waals surface area contributed by atoms with Crippen LogP contribution in [-0.2, 0) is 0 Å². The second-order valence-corrected chi connectivity index (χ2v) is 2.99. The molecule has 1 heterocycles. The van der Waals surface area contributed by atoms with Gasteiger partial charge < -0.3 is 10.8 Å². The van der Waals surface area contributed by atoms with Crippen LogP contribution in [0.1, 0.15) is 5.56 Å². The lowest BCUT2D eigenvalue weighted by atomic mass is 10.1. The average Bonchev–Trinajstić information content (AvgIpc) is 2.15. The summed E-state index contributed by atoms with van der Waals surface area (Å²) in [5.41, 5.74) is 6.98. The molecule has 3 nitrogen and oxygen atoms in total. The van der Waals surface area contributed by atoms with Crippen LogP contribution in [0.15, 0.2) is 24.3 Å². The maximum Gasteiger partial charge on any atom is 0.131 e. The number of hydrogen-bond donors (Lipinski definition) is 2. The van der Waals surface area contributed by atoms with Gasteiger partial charge in [-0.15, -0.1) is 0 Å². The van der Waals surface area contributed by atoms with Gasteiger partial charge in [0.05, 0.1) is 5.52 Å². The zero-order chi connectivity index (χ0) is 9.42. The standard InChI is InChI=1S/C10H10N2O/c1-6-9(13)7-4-2-3-5-8(7)12-10(6)11/h2-5H,1H3,(H3,11,12,13). The van der Waals surface area contributed by atoms with Gasteiger partial charge in [0.15, 0.2) is 0 Å². The van der Waals surface area contributed by atoms with Crippen molar-refractivity contribution in [2.75, 3.05) is 5.73 Å². The van der Waals surface area contributed by atoms with Gasteiger partial charge in [-0.3, -0.25) is 0 Å². The van der Waals surface area contributed by atoms with Crippen LogP contribution < -0.4 is 5.73 Å². The van der Waals surface area contributed by atoms with Gasteiger partial charge in [0.1, 0.15) is 11.6 Å². The predicted octanol–water partition coefficient (Wildman–Crippen LogP) is 1.83. The Morgan fingerprint density at radius 3 is 2.77 bits per heavy atom. The fraction of sp³-hybridized carbons (Fsp3) is 0.100. The predicted molar refractivity (Wildman–Crippen MR) is 52.6 cm³/mol. The van der Waals surface area contributed by atoms with Crippen LogP contribution in [0.5, 0.6) is 5.75 Å². The molecule has 13 heavy (non-hydrogen) atoms. The molecule has 0 fully saturated rings. The third-order valence-electron chi connectivity index (χ3n) is 2.14. The first-order chi connectivity index (χ1) is 6.20. The van der Waals surface area contributed by atoms with Crippen LogP contribution in [0.25, 0.3) is 10.9 Å². The summed E-state index contributed by atoms with van der Waals surface area (Å²) >= 11 is 0. The summed E-state index contributed by atoms with van der Waals surface area (Å²) in [5.74, 6) is 0.610. The second-order valence-electron chi connectivity index (χ2n) is 2.99. The fourth-order valence-electron chi connectivity index (χ4n) is 1.31. The van der Waals surface area contributed by atoms with Crippen LogP contribution in [0.2, 0.25) is 0 Å². The number of para-hydroxylation sites is 1. The van der Waals surface area contributed by atoms with Crippen LogP contribution in [-0.4, -0.2) is 10.1 Å². The summed E-state index contributed by atoms with van der Waals surface area (Å²) in [4.78, 5) is 4.15. The van der Waals surface area contributed by atoms with Gasteiger partial charge >= 0.3 is 0 Å². The largest absolute Gasteiger partial charge is 0.507 e. The van der Waals surface area contributed by atoms with Gasteiger partial charge in [-0.2, -0.15) is 0 Å². The Kier molecular flexibility index (Phi) is 1.59. The molecule has 0 aliphatic carbocycles. The molecule has 0 amide bonds. The Bertz CT molecular complexity index is 466. The van der Waals surface area contributed by atoms with E-state index in [1.165, 1.54) is 0 Å². The third kappa shape index (κ3) is 1.09. The number of nitrogens with two attached hydrogens (primary N) is 1. The lowest BCUT2D eigenvalue weighted by Gasteiger charge is -2.05. The van der Waals surface area contributed by atoms with Gasteiger partial charge in [-0.1, -0.05) is 12.1 Å². The molecule has 3 heteroatoms. The summed E-state index contributed by atoms with van der Waals surface area (Å²) in [6.45, 7) is 1.75. The highest BCUT2D eigenvalue weighted by atomic mass is 16.3. The molecule has 3 N–H and O–H groups in total. The van der Waals surface area contributed by atoms with Crippen molar-refractivity contribution >= 4 is 16.7 Å². The van der Waals surface area contributed by atoms with E-state index in [2.05, 4.69) is 4.98 Å². The van der Waals surface area contributed by atoms with Crippen molar-refractivity contribution in [1.29, 1.82) is 0 Å². The Hall–Kier alpha value is -1.77. The third-order valence-corrected chi connectivity index (χ3v) is 2.14. The quantitative estimate of drug-likeness (QED) is 0.640. The maximum atomic E-state index is 9.72. The van der Waals surface area contributed by atoms with E-state index in [9.17, 15) is 5.11 Å². The molecular formula is C10H10N2O. The van der Waals surface area contributed by atoms with Gasteiger partial charge in [0.2, 0.25) is 0 Å². The van der Waals surface area contributed by atoms with Crippen molar-refractivity contribution in [2.45, 2.75) is 6.92 Å². The lowest BCUT2D eigenvalue weighted by molar-refractivity contribution is 0.477. The Balaban J connectivity index is 2.94. The molecule has 0 aliphatic rings. The minimum absolute atomic E-state index is 0.225. The van der Waals surface area contributed by atoms with Crippen molar-refractivity contribution in [3.8, 4) is 5.75 Å². The Morgan fingerprint density at radius 1 is 1.31 bits per heavy atom. The molecule has 2 aromatic rings. The summed E-state index contributed by atoms with van der Waals surface area (Å²) in [6.07, 6.45) is 0. The zero-order valence-electron chi connectivity index (χ0n) is 7.28. The highest BCUT2D eigenvalue weighted by Gasteiger charge is 2.06. The molecule has 66 valence electrons. The molecule has 0 aliphatic heterocycles. The van der Waals surface area contributed by atoms with Crippen molar-refractivity contribution in [3.63, 3.8) is 0 Å². The average molecular weight is 174 g/mol. The van der Waals surface area contributed by atoms with E-state index >= 15 is 0 Å². The van der Waals surface area contributed by atoms with E-state index in [4.69, 9.17) is 5.73 Å². The molecule has 0 radical (unpaired) electrons. The van der Waals surface area contributed by atoms with E-state index in [1.54, 1.807) is 6.92 Å². The number of fused-ring (bicyclic) bond motifs is 1. The smallest absolute Gasteiger partial charge is 0.131 e. The molecule has 1 aromatic heterocycles. The number of hydrogen-bond acceptors (Lipinski definition) is 3. The SMILES string of the molecule is Cc1c(N)nc2ccccc2c1O. The molecule has 0 unspecified atom stereocenters. The molecule has 0 bridgehead atoms. The van der Waals surface area contributed by atoms with Gasteiger partial charge in [-0.05, 0) is 19.1 Å². The molecular weight excluding hydrogens is 164 g/mol. The number of nitrogens with zero attached hydrogens (tertiary/aromatic N) is 1. The molecule has 0 atom stereocenters. The molecule has 0 saturated carbocycles. The Labute approximate surface area is 75.8 Å². The zero-order valence-corrected chi connectivity index (χ0v) is 7.28. The van der Waals surface area contributed by atoms with Crippen molar-refractivity contribution in [3.05, 3.63) is 29.8 Å². The Morgan fingerprint density at radius 2 is 2.00 bits per heavy atom. The van der Waals surface area contributed by atoms with Crippen molar-refractivity contribution in [1.82, 2.24) is 4.98 Å². The van der Waals surface area contributed by atoms with Crippen molar-refractivity contribution in [2.24, 2.45) is 0 Å². The number of nitrogen functional groups attached to an aromatic ring is 1. The highest BCUT2D eigenvalue weighted by Crippen LogP contribution is 2.29. The molecule has 2 rings (SSSR count). The first kappa shape index (κ1) is 7.86. The highest BCUT2D eigenvalue weighted by molar-refractivity contribution is 5.88. The van der Waals surface area contributed by atoms with E-state index < -0.39 is 0 Å². The fourth-order valence-corrected chi connectivity index (χ4v) is 1.31.